The fraction of sp³-hybridized carbons (Fsp3) is 0.105. The minimum atomic E-state index is -0.0102. The molecule has 0 spiro atoms. The van der Waals surface area contributed by atoms with Crippen LogP contribution in [0.5, 0.6) is 5.75 Å². The van der Waals surface area contributed by atoms with Crippen molar-refractivity contribution in [2.75, 3.05) is 6.61 Å². The van der Waals surface area contributed by atoms with Crippen LogP contribution in [0.15, 0.2) is 66.7 Å². The molecule has 0 amide bonds. The van der Waals surface area contributed by atoms with Gasteiger partial charge >= 0.3 is 0 Å². The van der Waals surface area contributed by atoms with Crippen molar-refractivity contribution in [3.63, 3.8) is 0 Å². The molecule has 0 saturated heterocycles. The lowest BCUT2D eigenvalue weighted by atomic mass is 10.0. The van der Waals surface area contributed by atoms with Gasteiger partial charge in [0.2, 0.25) is 0 Å². The Labute approximate surface area is 124 Å². The van der Waals surface area contributed by atoms with Crippen molar-refractivity contribution in [2.45, 2.75) is 6.92 Å². The van der Waals surface area contributed by atoms with E-state index in [-0.39, 0.29) is 12.4 Å². The molecule has 0 aromatic heterocycles. The second kappa shape index (κ2) is 5.80. The maximum atomic E-state index is 12.2. The van der Waals surface area contributed by atoms with Crippen LogP contribution >= 0.6 is 0 Å². The van der Waals surface area contributed by atoms with Crippen LogP contribution in [-0.2, 0) is 0 Å². The summed E-state index contributed by atoms with van der Waals surface area (Å²) in [5.41, 5.74) is 1.71. The Kier molecular flexibility index (Phi) is 3.69. The Morgan fingerprint density at radius 2 is 1.62 bits per heavy atom. The second-order valence-electron chi connectivity index (χ2n) is 5.04. The van der Waals surface area contributed by atoms with E-state index < -0.39 is 0 Å². The molecule has 0 bridgehead atoms. The normalized spacial score (nSPS) is 10.5. The highest BCUT2D eigenvalue weighted by molar-refractivity contribution is 6.00. The fourth-order valence-corrected chi connectivity index (χ4v) is 2.31. The van der Waals surface area contributed by atoms with Crippen molar-refractivity contribution in [1.82, 2.24) is 0 Å². The molecule has 21 heavy (non-hydrogen) atoms. The van der Waals surface area contributed by atoms with Gasteiger partial charge < -0.3 is 4.74 Å². The molecule has 0 N–H and O–H groups in total. The smallest absolute Gasteiger partial charge is 0.200 e. The van der Waals surface area contributed by atoms with Crippen LogP contribution in [0.2, 0.25) is 0 Å². The maximum absolute atomic E-state index is 12.2. The number of Topliss-reactive ketones (excluding diaryl/α,β-unsaturated/α-hetero) is 1. The Hall–Kier alpha value is -2.61. The summed E-state index contributed by atoms with van der Waals surface area (Å²) >= 11 is 0. The Bertz CT molecular complexity index is 790. The number of hydrogen-bond acceptors (Lipinski definition) is 2. The SMILES string of the molecule is Cc1ccccc1OCC(=O)c1ccc2ccccc2c1. The van der Waals surface area contributed by atoms with E-state index in [1.54, 1.807) is 0 Å². The van der Waals surface area contributed by atoms with Crippen molar-refractivity contribution in [2.24, 2.45) is 0 Å². The van der Waals surface area contributed by atoms with Crippen LogP contribution in [-0.4, -0.2) is 12.4 Å². The molecule has 0 atom stereocenters. The summed E-state index contributed by atoms with van der Waals surface area (Å²) in [5.74, 6) is 0.746. The quantitative estimate of drug-likeness (QED) is 0.660. The molecule has 0 aliphatic carbocycles. The largest absolute Gasteiger partial charge is 0.485 e. The molecule has 0 aliphatic rings. The molecule has 0 unspecified atom stereocenters. The molecule has 104 valence electrons. The van der Waals surface area contributed by atoms with Crippen LogP contribution in [0.4, 0.5) is 0 Å². The lowest BCUT2D eigenvalue weighted by Crippen LogP contribution is -2.12. The number of rotatable bonds is 4. The molecule has 0 radical (unpaired) electrons. The van der Waals surface area contributed by atoms with Crippen LogP contribution in [0.25, 0.3) is 10.8 Å². The molecule has 0 saturated carbocycles. The van der Waals surface area contributed by atoms with Gasteiger partial charge in [-0.1, -0.05) is 54.6 Å². The third-order valence-corrected chi connectivity index (χ3v) is 3.52. The van der Waals surface area contributed by atoms with Crippen molar-refractivity contribution < 1.29 is 9.53 Å². The number of fused-ring (bicyclic) bond motifs is 1. The monoisotopic (exact) mass is 276 g/mol. The van der Waals surface area contributed by atoms with E-state index in [0.29, 0.717) is 5.56 Å². The average molecular weight is 276 g/mol. The summed E-state index contributed by atoms with van der Waals surface area (Å²) in [4.78, 5) is 12.2. The summed E-state index contributed by atoms with van der Waals surface area (Å²) in [5, 5.41) is 2.20. The highest BCUT2D eigenvalue weighted by atomic mass is 16.5. The predicted molar refractivity (Wildman–Crippen MR) is 85.0 cm³/mol. The van der Waals surface area contributed by atoms with Crippen LogP contribution < -0.4 is 4.74 Å². The van der Waals surface area contributed by atoms with E-state index in [0.717, 1.165) is 22.1 Å². The number of carbonyl (C=O) groups is 1. The fourth-order valence-electron chi connectivity index (χ4n) is 2.31. The lowest BCUT2D eigenvalue weighted by Gasteiger charge is -2.08. The first kappa shape index (κ1) is 13.4. The van der Waals surface area contributed by atoms with Crippen LogP contribution in [0.1, 0.15) is 15.9 Å². The number of para-hydroxylation sites is 1. The zero-order valence-corrected chi connectivity index (χ0v) is 11.9. The summed E-state index contributed by atoms with van der Waals surface area (Å²) < 4.78 is 5.62. The van der Waals surface area contributed by atoms with Crippen molar-refractivity contribution >= 4 is 16.6 Å². The van der Waals surface area contributed by atoms with Gasteiger partial charge in [0.05, 0.1) is 0 Å². The first-order valence-corrected chi connectivity index (χ1v) is 6.94. The number of benzene rings is 3. The number of aryl methyl sites for hydroxylation is 1. The van der Waals surface area contributed by atoms with Crippen molar-refractivity contribution in [1.29, 1.82) is 0 Å². The summed E-state index contributed by atoms with van der Waals surface area (Å²) in [6, 6.07) is 21.4. The second-order valence-corrected chi connectivity index (χ2v) is 5.04. The first-order chi connectivity index (χ1) is 10.2. The number of ketones is 1. The molecule has 0 heterocycles. The Balaban J connectivity index is 1.76. The molecule has 0 aliphatic heterocycles. The van der Waals surface area contributed by atoms with Crippen molar-refractivity contribution in [3.8, 4) is 5.75 Å². The topological polar surface area (TPSA) is 26.3 Å². The first-order valence-electron chi connectivity index (χ1n) is 6.94. The minimum Gasteiger partial charge on any atom is -0.485 e. The van der Waals surface area contributed by atoms with Crippen LogP contribution in [0.3, 0.4) is 0 Å². The van der Waals surface area contributed by atoms with Crippen molar-refractivity contribution in [3.05, 3.63) is 77.9 Å². The third kappa shape index (κ3) is 2.95. The molecule has 3 aromatic carbocycles. The zero-order chi connectivity index (χ0) is 14.7. The molecule has 3 rings (SSSR count). The Morgan fingerprint density at radius 1 is 0.905 bits per heavy atom. The van der Waals surface area contributed by atoms with E-state index in [9.17, 15) is 4.79 Å². The van der Waals surface area contributed by atoms with Gasteiger partial charge in [-0.15, -0.1) is 0 Å². The highest BCUT2D eigenvalue weighted by Crippen LogP contribution is 2.18. The van der Waals surface area contributed by atoms with E-state index in [2.05, 4.69) is 0 Å². The van der Waals surface area contributed by atoms with E-state index in [1.165, 1.54) is 0 Å². The number of ether oxygens (including phenoxy) is 1. The average Bonchev–Trinajstić information content (AvgIpc) is 2.53. The summed E-state index contributed by atoms with van der Waals surface area (Å²) in [6.07, 6.45) is 0. The lowest BCUT2D eigenvalue weighted by molar-refractivity contribution is 0.0921. The van der Waals surface area contributed by atoms with Gasteiger partial charge in [0.15, 0.2) is 12.4 Å². The van der Waals surface area contributed by atoms with E-state index >= 15 is 0 Å². The number of carbonyl (C=O) groups excluding carboxylic acids is 1. The summed E-state index contributed by atoms with van der Waals surface area (Å²) in [6.45, 7) is 2.03. The maximum Gasteiger partial charge on any atom is 0.200 e. The highest BCUT2D eigenvalue weighted by Gasteiger charge is 2.08. The van der Waals surface area contributed by atoms with Gasteiger partial charge in [-0.3, -0.25) is 4.79 Å². The van der Waals surface area contributed by atoms with Gasteiger partial charge in [0.1, 0.15) is 5.75 Å². The van der Waals surface area contributed by atoms with Crippen LogP contribution in [0, 0.1) is 6.92 Å². The third-order valence-electron chi connectivity index (χ3n) is 3.52. The van der Waals surface area contributed by atoms with Gasteiger partial charge in [0, 0.05) is 5.56 Å². The van der Waals surface area contributed by atoms with E-state index in [4.69, 9.17) is 4.74 Å². The minimum absolute atomic E-state index is 0.0102. The summed E-state index contributed by atoms with van der Waals surface area (Å²) in [7, 11) is 0. The molecule has 0 fully saturated rings. The molecular formula is C19H16O2. The number of hydrogen-bond donors (Lipinski definition) is 0. The molecule has 2 heteroatoms. The van der Waals surface area contributed by atoms with Gasteiger partial charge in [-0.25, -0.2) is 0 Å². The molecule has 3 aromatic rings. The van der Waals surface area contributed by atoms with Gasteiger partial charge in [0.25, 0.3) is 0 Å². The molecular weight excluding hydrogens is 260 g/mol. The predicted octanol–water partition coefficient (Wildman–Crippen LogP) is 4.41. The van der Waals surface area contributed by atoms with Gasteiger partial charge in [-0.2, -0.15) is 0 Å². The van der Waals surface area contributed by atoms with E-state index in [1.807, 2.05) is 73.7 Å². The standard InChI is InChI=1S/C19H16O2/c1-14-6-2-5-9-19(14)21-13-18(20)17-11-10-15-7-3-4-8-16(15)12-17/h2-12H,13H2,1H3. The Morgan fingerprint density at radius 3 is 2.43 bits per heavy atom. The molecule has 2 nitrogen and oxygen atoms in total. The van der Waals surface area contributed by atoms with Gasteiger partial charge in [-0.05, 0) is 35.4 Å². The zero-order valence-electron chi connectivity index (χ0n) is 11.9.